The van der Waals surface area contributed by atoms with Crippen LogP contribution in [0.25, 0.3) is 0 Å². The molecule has 2 rings (SSSR count). The number of hydrogen-bond acceptors (Lipinski definition) is 3. The Hall–Kier alpha value is -0.0900. The van der Waals surface area contributed by atoms with Gasteiger partial charge in [0.25, 0.3) is 0 Å². The average molecular weight is 218 g/mol. The van der Waals surface area contributed by atoms with Gasteiger partial charge in [-0.05, 0) is 23.9 Å². The van der Waals surface area contributed by atoms with Crippen molar-refractivity contribution in [3.8, 4) is 0 Å². The third kappa shape index (κ3) is 2.23. The Bertz CT molecular complexity index is 281. The van der Waals surface area contributed by atoms with Crippen LogP contribution >= 0.6 is 22.9 Å². The van der Waals surface area contributed by atoms with Gasteiger partial charge in [-0.1, -0.05) is 11.6 Å². The van der Waals surface area contributed by atoms with Crippen molar-refractivity contribution in [3.05, 3.63) is 21.3 Å². The van der Waals surface area contributed by atoms with E-state index in [1.807, 2.05) is 6.07 Å². The first-order chi connectivity index (χ1) is 6.25. The van der Waals surface area contributed by atoms with Crippen molar-refractivity contribution in [1.29, 1.82) is 0 Å². The standard InChI is InChI=1S/C9H12ClNOS/c1-6-4-12-8(3-11-6)7-2-9(10)13-5-7/h2,5-6,8,11H,3-4H2,1H3. The van der Waals surface area contributed by atoms with Gasteiger partial charge in [-0.3, -0.25) is 0 Å². The molecule has 1 fully saturated rings. The highest BCUT2D eigenvalue weighted by molar-refractivity contribution is 7.14. The third-order valence-electron chi connectivity index (χ3n) is 2.16. The van der Waals surface area contributed by atoms with E-state index < -0.39 is 0 Å². The second-order valence-electron chi connectivity index (χ2n) is 3.32. The van der Waals surface area contributed by atoms with Crippen LogP contribution in [0, 0.1) is 0 Å². The molecule has 2 heterocycles. The number of thiophene rings is 1. The number of rotatable bonds is 1. The summed E-state index contributed by atoms with van der Waals surface area (Å²) in [5.74, 6) is 0. The molecule has 0 amide bonds. The van der Waals surface area contributed by atoms with Gasteiger partial charge in [0.15, 0.2) is 0 Å². The summed E-state index contributed by atoms with van der Waals surface area (Å²) in [7, 11) is 0. The van der Waals surface area contributed by atoms with Crippen LogP contribution in [0.15, 0.2) is 11.4 Å². The molecule has 0 bridgehead atoms. The van der Waals surface area contributed by atoms with Gasteiger partial charge >= 0.3 is 0 Å². The molecule has 0 spiro atoms. The Morgan fingerprint density at radius 3 is 3.08 bits per heavy atom. The summed E-state index contributed by atoms with van der Waals surface area (Å²) in [6.45, 7) is 3.78. The summed E-state index contributed by atoms with van der Waals surface area (Å²) in [4.78, 5) is 0. The highest BCUT2D eigenvalue weighted by Crippen LogP contribution is 2.27. The molecule has 2 atom stereocenters. The molecule has 13 heavy (non-hydrogen) atoms. The third-order valence-corrected chi connectivity index (χ3v) is 3.27. The SMILES string of the molecule is CC1COC(c2csc(Cl)c2)CN1. The maximum absolute atomic E-state index is 5.85. The summed E-state index contributed by atoms with van der Waals surface area (Å²) in [5.41, 5.74) is 1.19. The largest absolute Gasteiger partial charge is 0.371 e. The Morgan fingerprint density at radius 2 is 2.54 bits per heavy atom. The van der Waals surface area contributed by atoms with E-state index in [4.69, 9.17) is 16.3 Å². The molecule has 1 aliphatic heterocycles. The zero-order valence-electron chi connectivity index (χ0n) is 7.42. The van der Waals surface area contributed by atoms with Crippen LogP contribution < -0.4 is 5.32 Å². The second kappa shape index (κ2) is 3.96. The van der Waals surface area contributed by atoms with Crippen LogP contribution in [0.3, 0.4) is 0 Å². The predicted octanol–water partition coefficient (Wildman–Crippen LogP) is 2.45. The quantitative estimate of drug-likeness (QED) is 0.781. The van der Waals surface area contributed by atoms with Crippen molar-refractivity contribution in [2.75, 3.05) is 13.2 Å². The highest BCUT2D eigenvalue weighted by atomic mass is 35.5. The number of hydrogen-bond donors (Lipinski definition) is 1. The van der Waals surface area contributed by atoms with Crippen molar-refractivity contribution in [3.63, 3.8) is 0 Å². The molecular formula is C9H12ClNOS. The van der Waals surface area contributed by atoms with E-state index in [0.29, 0.717) is 6.04 Å². The molecule has 4 heteroatoms. The number of halogens is 1. The summed E-state index contributed by atoms with van der Waals surface area (Å²) < 4.78 is 6.51. The van der Waals surface area contributed by atoms with E-state index in [1.54, 1.807) is 11.3 Å². The highest BCUT2D eigenvalue weighted by Gasteiger charge is 2.20. The van der Waals surface area contributed by atoms with Gasteiger partial charge in [0, 0.05) is 12.6 Å². The average Bonchev–Trinajstić information content (AvgIpc) is 2.53. The van der Waals surface area contributed by atoms with E-state index in [2.05, 4.69) is 17.6 Å². The molecule has 2 unspecified atom stereocenters. The van der Waals surface area contributed by atoms with Crippen molar-refractivity contribution >= 4 is 22.9 Å². The zero-order valence-corrected chi connectivity index (χ0v) is 8.99. The van der Waals surface area contributed by atoms with Crippen LogP contribution in [0.2, 0.25) is 4.34 Å². The van der Waals surface area contributed by atoms with Crippen molar-refractivity contribution < 1.29 is 4.74 Å². The molecule has 0 aromatic carbocycles. The summed E-state index contributed by atoms with van der Waals surface area (Å²) in [6, 6.07) is 2.44. The Morgan fingerprint density at radius 1 is 1.69 bits per heavy atom. The minimum Gasteiger partial charge on any atom is -0.371 e. The molecule has 1 aromatic rings. The van der Waals surface area contributed by atoms with Crippen LogP contribution in [-0.2, 0) is 4.74 Å². The van der Waals surface area contributed by atoms with Gasteiger partial charge in [-0.15, -0.1) is 11.3 Å². The fraction of sp³-hybridized carbons (Fsp3) is 0.556. The van der Waals surface area contributed by atoms with Gasteiger partial charge in [-0.2, -0.15) is 0 Å². The van der Waals surface area contributed by atoms with Crippen LogP contribution in [0.4, 0.5) is 0 Å². The minimum atomic E-state index is 0.181. The fourth-order valence-corrected chi connectivity index (χ4v) is 2.33. The predicted molar refractivity (Wildman–Crippen MR) is 55.5 cm³/mol. The molecular weight excluding hydrogens is 206 g/mol. The van der Waals surface area contributed by atoms with E-state index in [9.17, 15) is 0 Å². The zero-order chi connectivity index (χ0) is 9.26. The van der Waals surface area contributed by atoms with E-state index >= 15 is 0 Å². The monoisotopic (exact) mass is 217 g/mol. The van der Waals surface area contributed by atoms with Crippen LogP contribution in [0.5, 0.6) is 0 Å². The lowest BCUT2D eigenvalue weighted by atomic mass is 10.1. The first kappa shape index (κ1) is 9.46. The molecule has 1 saturated heterocycles. The summed E-state index contributed by atoms with van der Waals surface area (Å²) in [5, 5.41) is 5.44. The van der Waals surface area contributed by atoms with Crippen molar-refractivity contribution in [1.82, 2.24) is 5.32 Å². The molecule has 1 N–H and O–H groups in total. The Kier molecular flexibility index (Phi) is 2.89. The van der Waals surface area contributed by atoms with E-state index in [-0.39, 0.29) is 6.10 Å². The van der Waals surface area contributed by atoms with Gasteiger partial charge in [0.1, 0.15) is 0 Å². The smallest absolute Gasteiger partial charge is 0.0958 e. The van der Waals surface area contributed by atoms with E-state index in [1.165, 1.54) is 5.56 Å². The first-order valence-electron chi connectivity index (χ1n) is 4.34. The van der Waals surface area contributed by atoms with Crippen LogP contribution in [0.1, 0.15) is 18.6 Å². The number of morpholine rings is 1. The summed E-state index contributed by atoms with van der Waals surface area (Å²) in [6.07, 6.45) is 0.181. The van der Waals surface area contributed by atoms with Crippen molar-refractivity contribution in [2.24, 2.45) is 0 Å². The molecule has 0 saturated carbocycles. The lowest BCUT2D eigenvalue weighted by molar-refractivity contribution is 0.00719. The molecule has 0 radical (unpaired) electrons. The number of ether oxygens (including phenoxy) is 1. The molecule has 1 aromatic heterocycles. The lowest BCUT2D eigenvalue weighted by Gasteiger charge is -2.27. The fourth-order valence-electron chi connectivity index (χ4n) is 1.39. The Balaban J connectivity index is 2.02. The molecule has 72 valence electrons. The second-order valence-corrected chi connectivity index (χ2v) is 4.86. The molecule has 0 aliphatic carbocycles. The number of nitrogens with one attached hydrogen (secondary N) is 1. The maximum atomic E-state index is 5.85. The van der Waals surface area contributed by atoms with Gasteiger partial charge in [-0.25, -0.2) is 0 Å². The Labute approximate surface area is 86.9 Å². The molecule has 1 aliphatic rings. The van der Waals surface area contributed by atoms with Gasteiger partial charge in [0.05, 0.1) is 17.0 Å². The first-order valence-corrected chi connectivity index (χ1v) is 5.60. The summed E-state index contributed by atoms with van der Waals surface area (Å²) >= 11 is 7.41. The minimum absolute atomic E-state index is 0.181. The lowest BCUT2D eigenvalue weighted by Crippen LogP contribution is -2.40. The van der Waals surface area contributed by atoms with Gasteiger partial charge < -0.3 is 10.1 Å². The topological polar surface area (TPSA) is 21.3 Å². The van der Waals surface area contributed by atoms with E-state index in [0.717, 1.165) is 17.5 Å². The molecule has 2 nitrogen and oxygen atoms in total. The van der Waals surface area contributed by atoms with Gasteiger partial charge in [0.2, 0.25) is 0 Å². The maximum Gasteiger partial charge on any atom is 0.0958 e. The normalized spacial score (nSPS) is 29.1. The van der Waals surface area contributed by atoms with Crippen LogP contribution in [-0.4, -0.2) is 19.2 Å². The van der Waals surface area contributed by atoms with Crippen molar-refractivity contribution in [2.45, 2.75) is 19.1 Å².